The minimum atomic E-state index is -1.01. The van der Waals surface area contributed by atoms with Crippen LogP contribution in [0.25, 0.3) is 0 Å². The summed E-state index contributed by atoms with van der Waals surface area (Å²) in [6.45, 7) is 0.907. The lowest BCUT2D eigenvalue weighted by Crippen LogP contribution is -2.48. The Kier molecular flexibility index (Phi) is 4.39. The van der Waals surface area contributed by atoms with E-state index < -0.39 is 12.0 Å². The molecule has 0 aromatic heterocycles. The second-order valence-corrected chi connectivity index (χ2v) is 6.96. The summed E-state index contributed by atoms with van der Waals surface area (Å²) < 4.78 is 0. The van der Waals surface area contributed by atoms with E-state index in [1.165, 1.54) is 4.90 Å². The molecule has 1 N–H and O–H groups in total. The topological polar surface area (TPSA) is 77.9 Å². The van der Waals surface area contributed by atoms with Crippen LogP contribution >= 0.6 is 0 Å². The van der Waals surface area contributed by atoms with Crippen LogP contribution in [-0.2, 0) is 22.6 Å². The largest absolute Gasteiger partial charge is 0.480 e. The molecule has 2 aromatic carbocycles. The zero-order chi connectivity index (χ0) is 19.0. The number of fused-ring (bicyclic) bond motifs is 1. The van der Waals surface area contributed by atoms with Gasteiger partial charge < -0.3 is 14.9 Å². The van der Waals surface area contributed by atoms with Crippen molar-refractivity contribution in [3.05, 3.63) is 65.2 Å². The normalized spacial score (nSPS) is 19.1. The van der Waals surface area contributed by atoms with Crippen LogP contribution in [0, 0.1) is 0 Å². The number of anilines is 1. The fourth-order valence-corrected chi connectivity index (χ4v) is 3.85. The molecule has 0 bridgehead atoms. The van der Waals surface area contributed by atoms with Gasteiger partial charge in [0.1, 0.15) is 6.04 Å². The molecule has 0 spiro atoms. The Morgan fingerprint density at radius 2 is 1.81 bits per heavy atom. The van der Waals surface area contributed by atoms with E-state index in [4.69, 9.17) is 0 Å². The van der Waals surface area contributed by atoms with Gasteiger partial charge in [0.2, 0.25) is 5.91 Å². The number of rotatable bonds is 3. The van der Waals surface area contributed by atoms with E-state index in [0.717, 1.165) is 17.5 Å². The molecule has 2 aliphatic heterocycles. The standard InChI is InChI=1S/C21H20N2O4/c24-19-9-4-10-22(19)17-8-3-7-15(11-17)20(25)23-13-16-6-2-1-5-14(16)12-18(23)21(26)27/h1-3,5-8,11,18H,4,9-10,12-13H2,(H,26,27)/t18-/m0/s1. The Bertz CT molecular complexity index is 924. The molecule has 1 fully saturated rings. The van der Waals surface area contributed by atoms with Gasteiger partial charge in [-0.25, -0.2) is 4.79 Å². The molecule has 0 radical (unpaired) electrons. The number of nitrogens with zero attached hydrogens (tertiary/aromatic N) is 2. The molecule has 1 atom stereocenters. The summed E-state index contributed by atoms with van der Waals surface area (Å²) in [4.78, 5) is 40.0. The van der Waals surface area contributed by atoms with Crippen LogP contribution in [0.5, 0.6) is 0 Å². The van der Waals surface area contributed by atoms with Crippen LogP contribution in [0.3, 0.4) is 0 Å². The van der Waals surface area contributed by atoms with Crippen molar-refractivity contribution in [2.45, 2.75) is 31.8 Å². The molecule has 0 saturated carbocycles. The fourth-order valence-electron chi connectivity index (χ4n) is 3.85. The maximum atomic E-state index is 13.1. The van der Waals surface area contributed by atoms with Gasteiger partial charge in [0.05, 0.1) is 0 Å². The number of carboxylic acids is 1. The molecular weight excluding hydrogens is 344 g/mol. The Balaban J connectivity index is 1.65. The second kappa shape index (κ2) is 6.87. The second-order valence-electron chi connectivity index (χ2n) is 6.96. The zero-order valence-corrected chi connectivity index (χ0v) is 14.8. The summed E-state index contributed by atoms with van der Waals surface area (Å²) in [5.74, 6) is -1.29. The molecule has 6 heteroatoms. The summed E-state index contributed by atoms with van der Waals surface area (Å²) in [6.07, 6.45) is 1.62. The van der Waals surface area contributed by atoms with Gasteiger partial charge in [-0.05, 0) is 35.7 Å². The number of benzene rings is 2. The molecule has 0 unspecified atom stereocenters. The first-order valence-electron chi connectivity index (χ1n) is 9.05. The summed E-state index contributed by atoms with van der Waals surface area (Å²) in [5, 5.41) is 9.65. The lowest BCUT2D eigenvalue weighted by atomic mass is 9.93. The Morgan fingerprint density at radius 3 is 2.52 bits per heavy atom. The summed E-state index contributed by atoms with van der Waals surface area (Å²) in [6, 6.07) is 13.6. The van der Waals surface area contributed by atoms with E-state index in [1.54, 1.807) is 29.2 Å². The van der Waals surface area contributed by atoms with E-state index in [9.17, 15) is 19.5 Å². The minimum absolute atomic E-state index is 0.0508. The van der Waals surface area contributed by atoms with Crippen LogP contribution in [0.1, 0.15) is 34.3 Å². The summed E-state index contributed by atoms with van der Waals surface area (Å²) in [7, 11) is 0. The van der Waals surface area contributed by atoms with Crippen LogP contribution in [0.2, 0.25) is 0 Å². The fraction of sp³-hybridized carbons (Fsp3) is 0.286. The van der Waals surface area contributed by atoms with E-state index in [2.05, 4.69) is 0 Å². The quantitative estimate of drug-likeness (QED) is 0.908. The van der Waals surface area contributed by atoms with E-state index >= 15 is 0 Å². The highest BCUT2D eigenvalue weighted by Crippen LogP contribution is 2.27. The molecule has 2 aliphatic rings. The van der Waals surface area contributed by atoms with Crippen molar-refractivity contribution in [2.75, 3.05) is 11.4 Å². The van der Waals surface area contributed by atoms with Crippen molar-refractivity contribution in [3.8, 4) is 0 Å². The summed E-state index contributed by atoms with van der Waals surface area (Å²) in [5.41, 5.74) is 3.02. The first-order chi connectivity index (χ1) is 13.0. The van der Waals surface area contributed by atoms with Crippen molar-refractivity contribution in [1.82, 2.24) is 4.90 Å². The Morgan fingerprint density at radius 1 is 1.04 bits per heavy atom. The lowest BCUT2D eigenvalue weighted by molar-refractivity contribution is -0.142. The van der Waals surface area contributed by atoms with E-state index in [0.29, 0.717) is 30.6 Å². The number of hydrogen-bond donors (Lipinski definition) is 1. The molecule has 0 aliphatic carbocycles. The minimum Gasteiger partial charge on any atom is -0.480 e. The Labute approximate surface area is 157 Å². The highest BCUT2D eigenvalue weighted by Gasteiger charge is 2.35. The molecule has 27 heavy (non-hydrogen) atoms. The maximum Gasteiger partial charge on any atom is 0.326 e. The molecule has 2 aromatic rings. The highest BCUT2D eigenvalue weighted by molar-refractivity contribution is 6.00. The number of carboxylic acid groups (broad SMARTS) is 1. The van der Waals surface area contributed by atoms with Crippen LogP contribution in [0.15, 0.2) is 48.5 Å². The number of carbonyl (C=O) groups is 3. The molecule has 2 heterocycles. The molecule has 2 amide bonds. The van der Waals surface area contributed by atoms with Crippen molar-refractivity contribution >= 4 is 23.5 Å². The number of carbonyl (C=O) groups excluding carboxylic acids is 2. The molecule has 4 rings (SSSR count). The number of hydrogen-bond acceptors (Lipinski definition) is 3. The first kappa shape index (κ1) is 17.3. The summed E-state index contributed by atoms with van der Waals surface area (Å²) >= 11 is 0. The van der Waals surface area contributed by atoms with Gasteiger partial charge in [-0.3, -0.25) is 9.59 Å². The van der Waals surface area contributed by atoms with Gasteiger partial charge in [0.15, 0.2) is 0 Å². The van der Waals surface area contributed by atoms with E-state index in [1.807, 2.05) is 24.3 Å². The molecular formula is C21H20N2O4. The van der Waals surface area contributed by atoms with Gasteiger partial charge in [0.25, 0.3) is 5.91 Å². The lowest BCUT2D eigenvalue weighted by Gasteiger charge is -2.34. The van der Waals surface area contributed by atoms with Crippen molar-refractivity contribution in [3.63, 3.8) is 0 Å². The SMILES string of the molecule is O=C(O)[C@@H]1Cc2ccccc2CN1C(=O)c1cccc(N2CCCC2=O)c1. The average Bonchev–Trinajstić information content (AvgIpc) is 3.12. The third kappa shape index (κ3) is 3.18. The number of amides is 2. The van der Waals surface area contributed by atoms with Crippen molar-refractivity contribution in [2.24, 2.45) is 0 Å². The highest BCUT2D eigenvalue weighted by atomic mass is 16.4. The predicted molar refractivity (Wildman–Crippen MR) is 99.5 cm³/mol. The molecule has 6 nitrogen and oxygen atoms in total. The van der Waals surface area contributed by atoms with Gasteiger partial charge >= 0.3 is 5.97 Å². The van der Waals surface area contributed by atoms with E-state index in [-0.39, 0.29) is 18.4 Å². The average molecular weight is 364 g/mol. The third-order valence-electron chi connectivity index (χ3n) is 5.27. The molecule has 1 saturated heterocycles. The van der Waals surface area contributed by atoms with Gasteiger partial charge in [-0.15, -0.1) is 0 Å². The van der Waals surface area contributed by atoms with Gasteiger partial charge in [-0.1, -0.05) is 30.3 Å². The smallest absolute Gasteiger partial charge is 0.326 e. The van der Waals surface area contributed by atoms with Crippen LogP contribution in [0.4, 0.5) is 5.69 Å². The van der Waals surface area contributed by atoms with Crippen molar-refractivity contribution < 1.29 is 19.5 Å². The Hall–Kier alpha value is -3.15. The molecule has 138 valence electrons. The predicted octanol–water partition coefficient (Wildman–Crippen LogP) is 2.47. The first-order valence-corrected chi connectivity index (χ1v) is 9.05. The maximum absolute atomic E-state index is 13.1. The van der Waals surface area contributed by atoms with Gasteiger partial charge in [0, 0.05) is 37.2 Å². The monoisotopic (exact) mass is 364 g/mol. The van der Waals surface area contributed by atoms with Gasteiger partial charge in [-0.2, -0.15) is 0 Å². The zero-order valence-electron chi connectivity index (χ0n) is 14.8. The van der Waals surface area contributed by atoms with Crippen molar-refractivity contribution in [1.29, 1.82) is 0 Å². The third-order valence-corrected chi connectivity index (χ3v) is 5.27. The van der Waals surface area contributed by atoms with Crippen LogP contribution in [-0.4, -0.2) is 40.4 Å². The number of aliphatic carboxylic acids is 1. The van der Waals surface area contributed by atoms with Crippen LogP contribution < -0.4 is 4.90 Å².